The van der Waals surface area contributed by atoms with Crippen LogP contribution in [-0.4, -0.2) is 34.7 Å². The first-order valence-corrected chi connectivity index (χ1v) is 7.44. The molecule has 20 heavy (non-hydrogen) atoms. The van der Waals surface area contributed by atoms with Gasteiger partial charge in [0.25, 0.3) is 0 Å². The molecule has 0 amide bonds. The van der Waals surface area contributed by atoms with Gasteiger partial charge in [-0.25, -0.2) is 0 Å². The number of aromatic amines is 1. The number of likely N-dealkylation sites (tertiary alicyclic amines) is 1. The molecule has 1 aromatic heterocycles. The number of nitrogens with one attached hydrogen (secondary N) is 1. The monoisotopic (exact) mass is 270 g/mol. The van der Waals surface area contributed by atoms with Crippen LogP contribution in [0.25, 0.3) is 11.3 Å². The third-order valence-corrected chi connectivity index (χ3v) is 4.03. The van der Waals surface area contributed by atoms with E-state index in [4.69, 9.17) is 5.73 Å². The molecule has 2 aromatic rings. The lowest BCUT2D eigenvalue weighted by Crippen LogP contribution is -2.31. The van der Waals surface area contributed by atoms with Crippen molar-refractivity contribution in [3.8, 4) is 11.3 Å². The van der Waals surface area contributed by atoms with E-state index < -0.39 is 0 Å². The molecule has 0 saturated carbocycles. The Hall–Kier alpha value is -1.81. The van der Waals surface area contributed by atoms with E-state index in [0.717, 1.165) is 17.7 Å². The summed E-state index contributed by atoms with van der Waals surface area (Å²) in [7, 11) is 0. The molecule has 0 atom stereocenters. The summed E-state index contributed by atoms with van der Waals surface area (Å²) in [5, 5.41) is 6.90. The van der Waals surface area contributed by atoms with E-state index in [1.165, 1.54) is 44.5 Å². The fraction of sp³-hybridized carbons (Fsp3) is 0.438. The lowest BCUT2D eigenvalue weighted by Gasteiger charge is -2.26. The fourth-order valence-electron chi connectivity index (χ4n) is 2.81. The first kappa shape index (κ1) is 13.2. The van der Waals surface area contributed by atoms with Gasteiger partial charge in [-0.15, -0.1) is 0 Å². The van der Waals surface area contributed by atoms with E-state index >= 15 is 0 Å². The molecule has 0 spiro atoms. The van der Waals surface area contributed by atoms with Gasteiger partial charge in [0.2, 0.25) is 0 Å². The molecule has 1 aromatic carbocycles. The predicted octanol–water partition coefficient (Wildman–Crippen LogP) is 2.69. The minimum Gasteiger partial charge on any atom is -0.382 e. The normalized spacial score (nSPS) is 16.4. The number of nitrogens with two attached hydrogens (primary N) is 1. The van der Waals surface area contributed by atoms with Crippen LogP contribution in [0.1, 0.15) is 24.8 Å². The van der Waals surface area contributed by atoms with Crippen LogP contribution in [0.4, 0.5) is 5.82 Å². The molecule has 0 unspecified atom stereocenters. The van der Waals surface area contributed by atoms with Crippen LogP contribution in [0.15, 0.2) is 30.3 Å². The zero-order valence-electron chi connectivity index (χ0n) is 11.8. The Morgan fingerprint density at radius 2 is 1.85 bits per heavy atom. The van der Waals surface area contributed by atoms with Crippen molar-refractivity contribution >= 4 is 5.82 Å². The number of rotatable bonds is 4. The molecule has 1 fully saturated rings. The Labute approximate surface area is 120 Å². The van der Waals surface area contributed by atoms with Crippen LogP contribution >= 0.6 is 0 Å². The average Bonchev–Trinajstić information content (AvgIpc) is 2.93. The summed E-state index contributed by atoms with van der Waals surface area (Å²) >= 11 is 0. The molecule has 1 saturated heterocycles. The highest BCUT2D eigenvalue weighted by Crippen LogP contribution is 2.19. The van der Waals surface area contributed by atoms with Crippen molar-refractivity contribution in [3.63, 3.8) is 0 Å². The second-order valence-corrected chi connectivity index (χ2v) is 5.56. The lowest BCUT2D eigenvalue weighted by molar-refractivity contribution is 0.231. The van der Waals surface area contributed by atoms with Crippen LogP contribution in [0.5, 0.6) is 0 Å². The number of piperidine rings is 1. The van der Waals surface area contributed by atoms with Crippen molar-refractivity contribution < 1.29 is 0 Å². The lowest BCUT2D eigenvalue weighted by atomic mass is 10.1. The SMILES string of the molecule is Nc1cc(-c2ccc(CCN3CCCCC3)cc2)[nH]n1. The molecule has 0 radical (unpaired) electrons. The van der Waals surface area contributed by atoms with E-state index in [-0.39, 0.29) is 0 Å². The number of anilines is 1. The molecule has 3 rings (SSSR count). The summed E-state index contributed by atoms with van der Waals surface area (Å²) in [6.45, 7) is 3.72. The standard InChI is InChI=1S/C16H22N4/c17-16-12-15(18-19-16)14-6-4-13(5-7-14)8-11-20-9-2-1-3-10-20/h4-7,12H,1-3,8-11H2,(H3,17,18,19). The van der Waals surface area contributed by atoms with Gasteiger partial charge in [-0.05, 0) is 43.5 Å². The van der Waals surface area contributed by atoms with Gasteiger partial charge < -0.3 is 10.6 Å². The second-order valence-electron chi connectivity index (χ2n) is 5.56. The van der Waals surface area contributed by atoms with Gasteiger partial charge in [0.15, 0.2) is 0 Å². The minimum atomic E-state index is 0.536. The van der Waals surface area contributed by atoms with Crippen molar-refractivity contribution in [3.05, 3.63) is 35.9 Å². The third-order valence-electron chi connectivity index (χ3n) is 4.03. The van der Waals surface area contributed by atoms with Crippen LogP contribution in [0.2, 0.25) is 0 Å². The number of nitrogen functional groups attached to an aromatic ring is 1. The quantitative estimate of drug-likeness (QED) is 0.898. The van der Waals surface area contributed by atoms with Crippen LogP contribution in [0, 0.1) is 0 Å². The molecule has 1 aliphatic rings. The van der Waals surface area contributed by atoms with Gasteiger partial charge in [-0.1, -0.05) is 30.7 Å². The predicted molar refractivity (Wildman–Crippen MR) is 82.4 cm³/mol. The molecule has 0 bridgehead atoms. The maximum atomic E-state index is 5.63. The van der Waals surface area contributed by atoms with Gasteiger partial charge in [0, 0.05) is 12.6 Å². The van der Waals surface area contributed by atoms with Crippen molar-refractivity contribution in [1.29, 1.82) is 0 Å². The molecule has 0 aliphatic carbocycles. The second kappa shape index (κ2) is 6.09. The Balaban J connectivity index is 1.58. The van der Waals surface area contributed by atoms with E-state index in [1.54, 1.807) is 0 Å². The van der Waals surface area contributed by atoms with Crippen molar-refractivity contribution in [2.24, 2.45) is 0 Å². The van der Waals surface area contributed by atoms with E-state index in [2.05, 4.69) is 39.4 Å². The minimum absolute atomic E-state index is 0.536. The van der Waals surface area contributed by atoms with Gasteiger partial charge >= 0.3 is 0 Å². The zero-order valence-corrected chi connectivity index (χ0v) is 11.8. The summed E-state index contributed by atoms with van der Waals surface area (Å²) in [5.74, 6) is 0.536. The number of nitrogens with zero attached hydrogens (tertiary/aromatic N) is 2. The summed E-state index contributed by atoms with van der Waals surface area (Å²) in [6.07, 6.45) is 5.25. The Kier molecular flexibility index (Phi) is 4.02. The highest BCUT2D eigenvalue weighted by molar-refractivity contribution is 5.62. The Bertz CT molecular complexity index is 538. The number of H-pyrrole nitrogens is 1. The zero-order chi connectivity index (χ0) is 13.8. The average molecular weight is 270 g/mol. The maximum Gasteiger partial charge on any atom is 0.145 e. The first-order valence-electron chi connectivity index (χ1n) is 7.44. The summed E-state index contributed by atoms with van der Waals surface area (Å²) in [4.78, 5) is 2.58. The largest absolute Gasteiger partial charge is 0.382 e. The van der Waals surface area contributed by atoms with Crippen LogP contribution in [-0.2, 0) is 6.42 Å². The number of aromatic nitrogens is 2. The number of benzene rings is 1. The van der Waals surface area contributed by atoms with Gasteiger partial charge in [-0.3, -0.25) is 5.10 Å². The molecule has 1 aliphatic heterocycles. The molecule has 4 heteroatoms. The molecule has 106 valence electrons. The van der Waals surface area contributed by atoms with Gasteiger partial charge in [-0.2, -0.15) is 5.10 Å². The van der Waals surface area contributed by atoms with Gasteiger partial charge in [0.05, 0.1) is 5.69 Å². The first-order chi connectivity index (χ1) is 9.81. The van der Waals surface area contributed by atoms with E-state index in [9.17, 15) is 0 Å². The summed E-state index contributed by atoms with van der Waals surface area (Å²) in [5.41, 5.74) is 9.14. The molecule has 2 heterocycles. The highest BCUT2D eigenvalue weighted by atomic mass is 15.2. The molecule has 4 nitrogen and oxygen atoms in total. The van der Waals surface area contributed by atoms with Crippen LogP contribution < -0.4 is 5.73 Å². The Morgan fingerprint density at radius 1 is 1.10 bits per heavy atom. The fourth-order valence-corrected chi connectivity index (χ4v) is 2.81. The summed E-state index contributed by atoms with van der Waals surface area (Å²) in [6, 6.07) is 10.5. The maximum absolute atomic E-state index is 5.63. The topological polar surface area (TPSA) is 57.9 Å². The number of hydrogen-bond acceptors (Lipinski definition) is 3. The van der Waals surface area contributed by atoms with E-state index in [0.29, 0.717) is 5.82 Å². The van der Waals surface area contributed by atoms with Crippen LogP contribution in [0.3, 0.4) is 0 Å². The molecule has 3 N–H and O–H groups in total. The van der Waals surface area contributed by atoms with Gasteiger partial charge in [0.1, 0.15) is 5.82 Å². The smallest absolute Gasteiger partial charge is 0.145 e. The Morgan fingerprint density at radius 3 is 2.50 bits per heavy atom. The van der Waals surface area contributed by atoms with Crippen molar-refractivity contribution in [2.45, 2.75) is 25.7 Å². The van der Waals surface area contributed by atoms with Crippen molar-refractivity contribution in [1.82, 2.24) is 15.1 Å². The number of hydrogen-bond donors (Lipinski definition) is 2. The summed E-state index contributed by atoms with van der Waals surface area (Å²) < 4.78 is 0. The van der Waals surface area contributed by atoms with E-state index in [1.807, 2.05) is 6.07 Å². The molecular weight excluding hydrogens is 248 g/mol. The third kappa shape index (κ3) is 3.20. The highest BCUT2D eigenvalue weighted by Gasteiger charge is 2.09. The molecular formula is C16H22N4. The van der Waals surface area contributed by atoms with Crippen molar-refractivity contribution in [2.75, 3.05) is 25.4 Å².